The quantitative estimate of drug-likeness (QED) is 0.846. The number of amides is 1. The standard InChI is InChI=1S/C21H28N4O/c1-22-10-12-25(13-11-22)21(26)20-14-18-16-24(9-8-19(18)23(20)2)15-17-6-4-3-5-7-17/h3-7,14H,8-13,15-16H2,1-2H3. The highest BCUT2D eigenvalue weighted by molar-refractivity contribution is 5.93. The number of aromatic nitrogens is 1. The first-order chi connectivity index (χ1) is 12.6. The molecule has 2 aliphatic rings. The van der Waals surface area contributed by atoms with Crippen LogP contribution in [-0.4, -0.2) is 64.9 Å². The Balaban J connectivity index is 1.48. The summed E-state index contributed by atoms with van der Waals surface area (Å²) in [5.41, 5.74) is 4.83. The van der Waals surface area contributed by atoms with Crippen molar-refractivity contribution in [1.82, 2.24) is 19.3 Å². The first-order valence-electron chi connectivity index (χ1n) is 9.53. The van der Waals surface area contributed by atoms with Crippen molar-refractivity contribution in [2.45, 2.75) is 19.5 Å². The van der Waals surface area contributed by atoms with E-state index in [1.165, 1.54) is 16.8 Å². The van der Waals surface area contributed by atoms with E-state index in [1.54, 1.807) is 0 Å². The van der Waals surface area contributed by atoms with Gasteiger partial charge in [0.1, 0.15) is 5.69 Å². The molecule has 3 heterocycles. The molecule has 0 aliphatic carbocycles. The van der Waals surface area contributed by atoms with E-state index >= 15 is 0 Å². The number of nitrogens with zero attached hydrogens (tertiary/aromatic N) is 4. The molecule has 0 atom stereocenters. The van der Waals surface area contributed by atoms with E-state index in [4.69, 9.17) is 0 Å². The SMILES string of the molecule is CN1CCN(C(=O)c2cc3c(n2C)CCN(Cc2ccccc2)C3)CC1. The summed E-state index contributed by atoms with van der Waals surface area (Å²) in [6.07, 6.45) is 1.01. The predicted octanol–water partition coefficient (Wildman–Crippen LogP) is 1.97. The summed E-state index contributed by atoms with van der Waals surface area (Å²) in [5.74, 6) is 0.185. The highest BCUT2D eigenvalue weighted by atomic mass is 16.2. The van der Waals surface area contributed by atoms with Gasteiger partial charge in [-0.05, 0) is 24.2 Å². The van der Waals surface area contributed by atoms with Crippen LogP contribution in [0.2, 0.25) is 0 Å². The summed E-state index contributed by atoms with van der Waals surface area (Å²) in [4.78, 5) is 19.7. The van der Waals surface area contributed by atoms with Crippen molar-refractivity contribution in [2.24, 2.45) is 7.05 Å². The Kier molecular flexibility index (Phi) is 4.83. The number of fused-ring (bicyclic) bond motifs is 1. The summed E-state index contributed by atoms with van der Waals surface area (Å²) >= 11 is 0. The monoisotopic (exact) mass is 352 g/mol. The smallest absolute Gasteiger partial charge is 0.270 e. The highest BCUT2D eigenvalue weighted by Gasteiger charge is 2.27. The predicted molar refractivity (Wildman–Crippen MR) is 103 cm³/mol. The normalized spacial score (nSPS) is 18.8. The van der Waals surface area contributed by atoms with Crippen molar-refractivity contribution in [3.63, 3.8) is 0 Å². The third-order valence-corrected chi connectivity index (χ3v) is 5.77. The van der Waals surface area contributed by atoms with E-state index in [2.05, 4.69) is 64.9 Å². The average molecular weight is 352 g/mol. The number of carbonyl (C=O) groups is 1. The van der Waals surface area contributed by atoms with Crippen LogP contribution in [0.3, 0.4) is 0 Å². The molecule has 26 heavy (non-hydrogen) atoms. The van der Waals surface area contributed by atoms with Crippen molar-refractivity contribution in [2.75, 3.05) is 39.8 Å². The van der Waals surface area contributed by atoms with Gasteiger partial charge in [-0.25, -0.2) is 0 Å². The van der Waals surface area contributed by atoms with Crippen LogP contribution in [0, 0.1) is 0 Å². The van der Waals surface area contributed by atoms with E-state index in [0.29, 0.717) is 0 Å². The van der Waals surface area contributed by atoms with Crippen LogP contribution in [0.1, 0.15) is 27.3 Å². The van der Waals surface area contributed by atoms with Crippen LogP contribution >= 0.6 is 0 Å². The molecule has 2 aromatic rings. The molecule has 5 heteroatoms. The zero-order chi connectivity index (χ0) is 18.1. The Morgan fingerprint density at radius 2 is 1.73 bits per heavy atom. The van der Waals surface area contributed by atoms with Crippen LogP contribution in [0.5, 0.6) is 0 Å². The molecular formula is C21H28N4O. The van der Waals surface area contributed by atoms with Gasteiger partial charge in [0, 0.05) is 65.0 Å². The lowest BCUT2D eigenvalue weighted by Crippen LogP contribution is -2.47. The third kappa shape index (κ3) is 3.41. The largest absolute Gasteiger partial charge is 0.343 e. The molecule has 0 unspecified atom stereocenters. The molecule has 1 saturated heterocycles. The molecule has 0 N–H and O–H groups in total. The van der Waals surface area contributed by atoms with E-state index < -0.39 is 0 Å². The first-order valence-corrected chi connectivity index (χ1v) is 9.53. The molecular weight excluding hydrogens is 324 g/mol. The van der Waals surface area contributed by atoms with E-state index in [-0.39, 0.29) is 5.91 Å². The third-order valence-electron chi connectivity index (χ3n) is 5.77. The van der Waals surface area contributed by atoms with Crippen LogP contribution in [-0.2, 0) is 26.6 Å². The van der Waals surface area contributed by atoms with Gasteiger partial charge in [0.2, 0.25) is 0 Å². The van der Waals surface area contributed by atoms with E-state index in [0.717, 1.165) is 57.9 Å². The molecule has 0 saturated carbocycles. The van der Waals surface area contributed by atoms with Crippen molar-refractivity contribution >= 4 is 5.91 Å². The van der Waals surface area contributed by atoms with Crippen molar-refractivity contribution < 1.29 is 4.79 Å². The molecule has 0 spiro atoms. The Bertz CT molecular complexity index is 775. The Morgan fingerprint density at radius 3 is 2.46 bits per heavy atom. The van der Waals surface area contributed by atoms with Gasteiger partial charge in [0.05, 0.1) is 0 Å². The highest BCUT2D eigenvalue weighted by Crippen LogP contribution is 2.24. The summed E-state index contributed by atoms with van der Waals surface area (Å²) in [6.45, 7) is 6.50. The minimum Gasteiger partial charge on any atom is -0.343 e. The second kappa shape index (κ2) is 7.25. The second-order valence-electron chi connectivity index (χ2n) is 7.60. The van der Waals surface area contributed by atoms with Crippen LogP contribution in [0.25, 0.3) is 0 Å². The number of carbonyl (C=O) groups excluding carboxylic acids is 1. The fraction of sp³-hybridized carbons (Fsp3) is 0.476. The first kappa shape index (κ1) is 17.3. The zero-order valence-electron chi connectivity index (χ0n) is 15.8. The van der Waals surface area contributed by atoms with Gasteiger partial charge in [-0.15, -0.1) is 0 Å². The number of hydrogen-bond acceptors (Lipinski definition) is 3. The average Bonchev–Trinajstić information content (AvgIpc) is 2.99. The Morgan fingerprint density at radius 1 is 1.00 bits per heavy atom. The number of rotatable bonds is 3. The summed E-state index contributed by atoms with van der Waals surface area (Å²) < 4.78 is 2.13. The van der Waals surface area contributed by atoms with E-state index in [9.17, 15) is 4.79 Å². The van der Waals surface area contributed by atoms with Crippen LogP contribution < -0.4 is 0 Å². The minimum absolute atomic E-state index is 0.185. The number of benzene rings is 1. The summed E-state index contributed by atoms with van der Waals surface area (Å²) in [7, 11) is 4.17. The van der Waals surface area contributed by atoms with Gasteiger partial charge in [-0.3, -0.25) is 9.69 Å². The van der Waals surface area contributed by atoms with Gasteiger partial charge < -0.3 is 14.4 Å². The lowest BCUT2D eigenvalue weighted by atomic mass is 10.1. The van der Waals surface area contributed by atoms with Crippen molar-refractivity contribution in [1.29, 1.82) is 0 Å². The van der Waals surface area contributed by atoms with Crippen LogP contribution in [0.15, 0.2) is 36.4 Å². The molecule has 4 rings (SSSR count). The summed E-state index contributed by atoms with van der Waals surface area (Å²) in [6, 6.07) is 12.8. The van der Waals surface area contributed by atoms with Gasteiger partial charge in [0.15, 0.2) is 0 Å². The Hall–Kier alpha value is -2.11. The van der Waals surface area contributed by atoms with Crippen LogP contribution in [0.4, 0.5) is 0 Å². The molecule has 1 fully saturated rings. The molecule has 2 aliphatic heterocycles. The second-order valence-corrected chi connectivity index (χ2v) is 7.60. The molecule has 0 bridgehead atoms. The fourth-order valence-electron chi connectivity index (χ4n) is 4.11. The van der Waals surface area contributed by atoms with E-state index in [1.807, 2.05) is 4.90 Å². The molecule has 138 valence electrons. The maximum atomic E-state index is 13.0. The fourth-order valence-corrected chi connectivity index (χ4v) is 4.11. The lowest BCUT2D eigenvalue weighted by Gasteiger charge is -2.32. The van der Waals surface area contributed by atoms with Crippen molar-refractivity contribution in [3.8, 4) is 0 Å². The topological polar surface area (TPSA) is 31.7 Å². The minimum atomic E-state index is 0.185. The number of likely N-dealkylation sites (N-methyl/N-ethyl adjacent to an activating group) is 1. The molecule has 1 amide bonds. The summed E-state index contributed by atoms with van der Waals surface area (Å²) in [5, 5.41) is 0. The number of piperazine rings is 1. The molecule has 1 aromatic heterocycles. The lowest BCUT2D eigenvalue weighted by molar-refractivity contribution is 0.0654. The molecule has 1 aromatic carbocycles. The molecule has 5 nitrogen and oxygen atoms in total. The van der Waals surface area contributed by atoms with Gasteiger partial charge in [0.25, 0.3) is 5.91 Å². The number of hydrogen-bond donors (Lipinski definition) is 0. The van der Waals surface area contributed by atoms with Gasteiger partial charge in [-0.2, -0.15) is 0 Å². The maximum Gasteiger partial charge on any atom is 0.270 e. The Labute approximate surface area is 155 Å². The molecule has 0 radical (unpaired) electrons. The zero-order valence-corrected chi connectivity index (χ0v) is 15.8. The van der Waals surface area contributed by atoms with Gasteiger partial charge >= 0.3 is 0 Å². The van der Waals surface area contributed by atoms with Crippen molar-refractivity contribution in [3.05, 3.63) is 58.9 Å². The maximum absolute atomic E-state index is 13.0. The van der Waals surface area contributed by atoms with Gasteiger partial charge in [-0.1, -0.05) is 30.3 Å².